The predicted octanol–water partition coefficient (Wildman–Crippen LogP) is -1.01. The van der Waals surface area contributed by atoms with Crippen LogP contribution in [0.4, 0.5) is 0 Å². The monoisotopic (exact) mass is 231 g/mol. The molecule has 0 aromatic carbocycles. The minimum absolute atomic E-state index is 0.149. The van der Waals surface area contributed by atoms with E-state index in [9.17, 15) is 9.59 Å². The molecule has 4 N–H and O–H groups in total. The molecule has 0 aliphatic rings. The number of nitrogens with two attached hydrogens (primary N) is 1. The van der Waals surface area contributed by atoms with Crippen LogP contribution in [0.3, 0.4) is 0 Å². The maximum Gasteiger partial charge on any atom is 0.236 e. The van der Waals surface area contributed by atoms with Gasteiger partial charge in [-0.1, -0.05) is 0 Å². The summed E-state index contributed by atoms with van der Waals surface area (Å²) in [5, 5.41) is 5.53. The van der Waals surface area contributed by atoms with Gasteiger partial charge in [-0.15, -0.1) is 0 Å². The molecule has 2 unspecified atom stereocenters. The van der Waals surface area contributed by atoms with Crippen molar-refractivity contribution in [2.45, 2.75) is 32.4 Å². The number of primary amides is 1. The van der Waals surface area contributed by atoms with E-state index in [-0.39, 0.29) is 5.91 Å². The van der Waals surface area contributed by atoms with Gasteiger partial charge in [0.15, 0.2) is 0 Å². The van der Waals surface area contributed by atoms with Crippen molar-refractivity contribution >= 4 is 11.8 Å². The third-order valence-corrected chi connectivity index (χ3v) is 2.14. The lowest BCUT2D eigenvalue weighted by Crippen LogP contribution is -2.50. The van der Waals surface area contributed by atoms with Crippen molar-refractivity contribution in [3.63, 3.8) is 0 Å². The summed E-state index contributed by atoms with van der Waals surface area (Å²) in [7, 11) is 1.61. The normalized spacial score (nSPS) is 14.2. The molecule has 6 nitrogen and oxygen atoms in total. The molecule has 16 heavy (non-hydrogen) atoms. The predicted molar refractivity (Wildman–Crippen MR) is 60.8 cm³/mol. The SMILES string of the molecule is COCCCNC(=O)C(C)NC(C)C(N)=O. The fraction of sp³-hybridized carbons (Fsp3) is 0.800. The summed E-state index contributed by atoms with van der Waals surface area (Å²) in [6.07, 6.45) is 0.764. The number of rotatable bonds is 8. The average Bonchev–Trinajstić information content (AvgIpc) is 2.23. The second-order valence-corrected chi connectivity index (χ2v) is 3.65. The van der Waals surface area contributed by atoms with Crippen LogP contribution in [0.2, 0.25) is 0 Å². The molecule has 0 aromatic heterocycles. The summed E-state index contributed by atoms with van der Waals surface area (Å²) in [5.41, 5.74) is 5.07. The maximum atomic E-state index is 11.5. The standard InChI is InChI=1S/C10H21N3O3/c1-7(9(11)14)13-8(2)10(15)12-5-4-6-16-3/h7-8,13H,4-6H2,1-3H3,(H2,11,14)(H,12,15). The van der Waals surface area contributed by atoms with E-state index in [1.165, 1.54) is 0 Å². The molecular weight excluding hydrogens is 210 g/mol. The zero-order valence-corrected chi connectivity index (χ0v) is 10.1. The van der Waals surface area contributed by atoms with E-state index in [1.54, 1.807) is 21.0 Å². The maximum absolute atomic E-state index is 11.5. The lowest BCUT2D eigenvalue weighted by molar-refractivity contribution is -0.124. The van der Waals surface area contributed by atoms with Crippen molar-refractivity contribution in [2.24, 2.45) is 5.73 Å². The van der Waals surface area contributed by atoms with Crippen molar-refractivity contribution in [1.82, 2.24) is 10.6 Å². The van der Waals surface area contributed by atoms with E-state index in [2.05, 4.69) is 10.6 Å². The van der Waals surface area contributed by atoms with Gasteiger partial charge in [0.2, 0.25) is 11.8 Å². The Morgan fingerprint density at radius 3 is 2.44 bits per heavy atom. The van der Waals surface area contributed by atoms with Gasteiger partial charge in [-0.05, 0) is 20.3 Å². The lowest BCUT2D eigenvalue weighted by Gasteiger charge is -2.17. The van der Waals surface area contributed by atoms with Gasteiger partial charge in [0.05, 0.1) is 12.1 Å². The number of ether oxygens (including phenoxy) is 1. The summed E-state index contributed by atoms with van der Waals surface area (Å²) in [6.45, 7) is 4.48. The number of hydrogen-bond donors (Lipinski definition) is 3. The van der Waals surface area contributed by atoms with Gasteiger partial charge in [-0.25, -0.2) is 0 Å². The van der Waals surface area contributed by atoms with Crippen molar-refractivity contribution in [2.75, 3.05) is 20.3 Å². The average molecular weight is 231 g/mol. The fourth-order valence-corrected chi connectivity index (χ4v) is 1.11. The molecule has 94 valence electrons. The quantitative estimate of drug-likeness (QED) is 0.467. The largest absolute Gasteiger partial charge is 0.385 e. The molecule has 2 amide bonds. The Morgan fingerprint density at radius 1 is 1.31 bits per heavy atom. The van der Waals surface area contributed by atoms with Crippen LogP contribution in [0.25, 0.3) is 0 Å². The second-order valence-electron chi connectivity index (χ2n) is 3.65. The molecule has 2 atom stereocenters. The first-order valence-electron chi connectivity index (χ1n) is 5.31. The smallest absolute Gasteiger partial charge is 0.236 e. The second kappa shape index (κ2) is 8.06. The first-order valence-corrected chi connectivity index (χ1v) is 5.31. The van der Waals surface area contributed by atoms with Crippen molar-refractivity contribution < 1.29 is 14.3 Å². The summed E-state index contributed by atoms with van der Waals surface area (Å²) >= 11 is 0. The Labute approximate surface area is 95.9 Å². The van der Waals surface area contributed by atoms with Crippen molar-refractivity contribution in [3.8, 4) is 0 Å². The fourth-order valence-electron chi connectivity index (χ4n) is 1.11. The number of carbonyl (C=O) groups excluding carboxylic acids is 2. The summed E-state index contributed by atoms with van der Waals surface area (Å²) < 4.78 is 4.85. The Hall–Kier alpha value is -1.14. The van der Waals surface area contributed by atoms with Crippen LogP contribution in [-0.4, -0.2) is 44.2 Å². The van der Waals surface area contributed by atoms with Crippen LogP contribution < -0.4 is 16.4 Å². The third-order valence-electron chi connectivity index (χ3n) is 2.14. The summed E-state index contributed by atoms with van der Waals surface area (Å²) in [4.78, 5) is 22.3. The lowest BCUT2D eigenvalue weighted by atomic mass is 10.2. The third kappa shape index (κ3) is 6.36. The first-order chi connectivity index (χ1) is 7.49. The van der Waals surface area contributed by atoms with Gasteiger partial charge in [0.25, 0.3) is 0 Å². The molecule has 0 aliphatic heterocycles. The molecule has 6 heteroatoms. The highest BCUT2D eigenvalue weighted by atomic mass is 16.5. The molecule has 0 aromatic rings. The van der Waals surface area contributed by atoms with Crippen LogP contribution in [-0.2, 0) is 14.3 Å². The highest BCUT2D eigenvalue weighted by Crippen LogP contribution is 1.88. The van der Waals surface area contributed by atoms with Gasteiger partial charge < -0.3 is 15.8 Å². The van der Waals surface area contributed by atoms with E-state index in [0.717, 1.165) is 6.42 Å². The van der Waals surface area contributed by atoms with E-state index < -0.39 is 18.0 Å². The first kappa shape index (κ1) is 14.9. The molecule has 0 heterocycles. The Bertz CT molecular complexity index is 233. The molecule has 0 saturated heterocycles. The summed E-state index contributed by atoms with van der Waals surface area (Å²) in [5.74, 6) is -0.622. The molecule has 0 aliphatic carbocycles. The number of carbonyl (C=O) groups is 2. The molecular formula is C10H21N3O3. The van der Waals surface area contributed by atoms with Gasteiger partial charge in [0.1, 0.15) is 0 Å². The van der Waals surface area contributed by atoms with E-state index >= 15 is 0 Å². The number of nitrogens with one attached hydrogen (secondary N) is 2. The van der Waals surface area contributed by atoms with Crippen molar-refractivity contribution in [1.29, 1.82) is 0 Å². The van der Waals surface area contributed by atoms with E-state index in [0.29, 0.717) is 13.2 Å². The molecule has 0 spiro atoms. The number of amides is 2. The summed E-state index contributed by atoms with van der Waals surface area (Å²) in [6, 6.07) is -0.954. The molecule has 0 saturated carbocycles. The van der Waals surface area contributed by atoms with Gasteiger partial charge >= 0.3 is 0 Å². The van der Waals surface area contributed by atoms with Crippen LogP contribution in [0, 0.1) is 0 Å². The Balaban J connectivity index is 3.77. The van der Waals surface area contributed by atoms with Gasteiger partial charge in [0, 0.05) is 20.3 Å². The highest BCUT2D eigenvalue weighted by Gasteiger charge is 2.17. The van der Waals surface area contributed by atoms with Crippen LogP contribution in [0.5, 0.6) is 0 Å². The minimum Gasteiger partial charge on any atom is -0.385 e. The Kier molecular flexibility index (Phi) is 7.49. The number of methoxy groups -OCH3 is 1. The van der Waals surface area contributed by atoms with E-state index in [1.807, 2.05) is 0 Å². The number of hydrogen-bond acceptors (Lipinski definition) is 4. The topological polar surface area (TPSA) is 93.4 Å². The van der Waals surface area contributed by atoms with E-state index in [4.69, 9.17) is 10.5 Å². The zero-order chi connectivity index (χ0) is 12.6. The van der Waals surface area contributed by atoms with Crippen LogP contribution >= 0.6 is 0 Å². The highest BCUT2D eigenvalue weighted by molar-refractivity contribution is 5.83. The van der Waals surface area contributed by atoms with Crippen LogP contribution in [0.1, 0.15) is 20.3 Å². The van der Waals surface area contributed by atoms with Crippen molar-refractivity contribution in [3.05, 3.63) is 0 Å². The Morgan fingerprint density at radius 2 is 1.94 bits per heavy atom. The van der Waals surface area contributed by atoms with Crippen LogP contribution in [0.15, 0.2) is 0 Å². The zero-order valence-electron chi connectivity index (χ0n) is 10.1. The molecule has 0 rings (SSSR count). The minimum atomic E-state index is -0.514. The van der Waals surface area contributed by atoms with Gasteiger partial charge in [-0.3, -0.25) is 14.9 Å². The van der Waals surface area contributed by atoms with Gasteiger partial charge in [-0.2, -0.15) is 0 Å². The molecule has 0 bridgehead atoms. The molecule has 0 fully saturated rings. The molecule has 0 radical (unpaired) electrons.